The van der Waals surface area contributed by atoms with Crippen LogP contribution in [0.2, 0.25) is 0 Å². The Kier molecular flexibility index (Phi) is 6.47. The largest absolute Gasteiger partial charge is 0.493 e. The van der Waals surface area contributed by atoms with Gasteiger partial charge in [-0.05, 0) is 48.5 Å². The number of rotatable bonds is 7. The molecule has 0 fully saturated rings. The summed E-state index contributed by atoms with van der Waals surface area (Å²) < 4.78 is 42.4. The van der Waals surface area contributed by atoms with E-state index < -0.39 is 15.9 Å². The summed E-state index contributed by atoms with van der Waals surface area (Å²) in [6.07, 6.45) is 1.33. The van der Waals surface area contributed by atoms with E-state index in [0.717, 1.165) is 4.31 Å². The number of aromatic nitrogens is 2. The number of nitrogens with one attached hydrogen (secondary N) is 1. The summed E-state index contributed by atoms with van der Waals surface area (Å²) in [4.78, 5) is 6.70. The van der Waals surface area contributed by atoms with E-state index in [9.17, 15) is 17.9 Å². The van der Waals surface area contributed by atoms with E-state index in [0.29, 0.717) is 27.9 Å². The third kappa shape index (κ3) is 4.20. The SMILES string of the molecule is Cc1c(-c2cccc(S(=O)(=O)N(C)C)c2)c2nc(O)ccc2n1C/C(F)=C/CNCl. The first-order chi connectivity index (χ1) is 14.2. The zero-order chi connectivity index (χ0) is 22.1. The molecule has 3 rings (SSSR count). The predicted octanol–water partition coefficient (Wildman–Crippen LogP) is 3.56. The summed E-state index contributed by atoms with van der Waals surface area (Å²) in [5, 5.41) is 9.93. The number of sulfonamides is 1. The number of nitrogens with zero attached hydrogens (tertiary/aromatic N) is 3. The number of pyridine rings is 1. The van der Waals surface area contributed by atoms with Gasteiger partial charge in [-0.1, -0.05) is 12.1 Å². The van der Waals surface area contributed by atoms with Gasteiger partial charge in [0.05, 0.1) is 17.0 Å². The molecule has 160 valence electrons. The van der Waals surface area contributed by atoms with Crippen LogP contribution in [0.3, 0.4) is 0 Å². The van der Waals surface area contributed by atoms with E-state index >= 15 is 0 Å². The Balaban J connectivity index is 2.22. The molecule has 2 N–H and O–H groups in total. The number of aromatic hydroxyl groups is 1. The Morgan fingerprint density at radius 1 is 1.33 bits per heavy atom. The minimum atomic E-state index is -3.64. The summed E-state index contributed by atoms with van der Waals surface area (Å²) in [5.74, 6) is -0.577. The summed E-state index contributed by atoms with van der Waals surface area (Å²) in [6.45, 7) is 1.92. The van der Waals surface area contributed by atoms with Gasteiger partial charge in [0, 0.05) is 38.0 Å². The summed E-state index contributed by atoms with van der Waals surface area (Å²) in [5.41, 5.74) is 2.98. The lowest BCUT2D eigenvalue weighted by molar-refractivity contribution is 0.456. The van der Waals surface area contributed by atoms with Crippen LogP contribution < -0.4 is 4.84 Å². The number of benzene rings is 1. The second-order valence-electron chi connectivity index (χ2n) is 6.89. The van der Waals surface area contributed by atoms with Crippen molar-refractivity contribution < 1.29 is 17.9 Å². The fraction of sp³-hybridized carbons (Fsp3) is 0.250. The smallest absolute Gasteiger partial charge is 0.242 e. The van der Waals surface area contributed by atoms with Gasteiger partial charge < -0.3 is 9.67 Å². The Labute approximate surface area is 179 Å². The van der Waals surface area contributed by atoms with E-state index in [-0.39, 0.29) is 23.9 Å². The predicted molar refractivity (Wildman–Crippen MR) is 115 cm³/mol. The fourth-order valence-electron chi connectivity index (χ4n) is 3.27. The third-order valence-electron chi connectivity index (χ3n) is 4.76. The molecule has 3 aromatic rings. The second-order valence-corrected chi connectivity index (χ2v) is 9.31. The van der Waals surface area contributed by atoms with Gasteiger partial charge in [-0.25, -0.2) is 26.9 Å². The number of halogens is 2. The molecule has 0 amide bonds. The highest BCUT2D eigenvalue weighted by Gasteiger charge is 2.22. The molecule has 0 bridgehead atoms. The van der Waals surface area contributed by atoms with Gasteiger partial charge in [0.2, 0.25) is 15.9 Å². The standard InChI is InChI=1S/C20H22ClFN4O3S/c1-13-19(14-5-4-6-16(11-14)30(28,29)25(2)3)20-17(7-8-18(27)24-20)26(13)12-15(22)9-10-23-21/h4-9,11,23H,10,12H2,1-3H3,(H,24,27)/b15-9-. The Morgan fingerprint density at radius 3 is 2.73 bits per heavy atom. The number of hydrogen-bond acceptors (Lipinski definition) is 5. The normalized spacial score (nSPS) is 12.8. The highest BCUT2D eigenvalue weighted by atomic mass is 35.5. The Bertz CT molecular complexity index is 1220. The van der Waals surface area contributed by atoms with Crippen LogP contribution in [0.5, 0.6) is 5.88 Å². The number of allylic oxidation sites excluding steroid dienone is 1. The number of fused-ring (bicyclic) bond motifs is 1. The molecule has 2 aromatic heterocycles. The maximum atomic E-state index is 14.4. The summed E-state index contributed by atoms with van der Waals surface area (Å²) >= 11 is 5.39. The molecule has 30 heavy (non-hydrogen) atoms. The van der Waals surface area contributed by atoms with Crippen LogP contribution in [-0.2, 0) is 16.6 Å². The van der Waals surface area contributed by atoms with Crippen LogP contribution in [-0.4, -0.2) is 48.0 Å². The first kappa shape index (κ1) is 22.2. The van der Waals surface area contributed by atoms with E-state index in [1.807, 2.05) is 0 Å². The molecule has 0 radical (unpaired) electrons. The average molecular weight is 453 g/mol. The Morgan fingerprint density at radius 2 is 2.07 bits per heavy atom. The van der Waals surface area contributed by atoms with Crippen LogP contribution >= 0.6 is 11.8 Å². The van der Waals surface area contributed by atoms with Gasteiger partial charge in [0.15, 0.2) is 0 Å². The van der Waals surface area contributed by atoms with Gasteiger partial charge in [-0.15, -0.1) is 0 Å². The molecule has 0 spiro atoms. The third-order valence-corrected chi connectivity index (χ3v) is 6.73. The van der Waals surface area contributed by atoms with Crippen LogP contribution in [0.25, 0.3) is 22.2 Å². The van der Waals surface area contributed by atoms with Crippen LogP contribution in [0.1, 0.15) is 5.69 Å². The van der Waals surface area contributed by atoms with E-state index in [4.69, 9.17) is 11.8 Å². The fourth-order valence-corrected chi connectivity index (χ4v) is 4.29. The van der Waals surface area contributed by atoms with Crippen molar-refractivity contribution in [1.29, 1.82) is 0 Å². The molecule has 0 saturated heterocycles. The maximum Gasteiger partial charge on any atom is 0.242 e. The van der Waals surface area contributed by atoms with Crippen LogP contribution in [0.4, 0.5) is 4.39 Å². The topological polar surface area (TPSA) is 87.5 Å². The lowest BCUT2D eigenvalue weighted by Gasteiger charge is -2.12. The van der Waals surface area contributed by atoms with Crippen LogP contribution in [0, 0.1) is 6.92 Å². The van der Waals surface area contributed by atoms with Gasteiger partial charge in [0.25, 0.3) is 0 Å². The molecule has 0 aliphatic rings. The highest BCUT2D eigenvalue weighted by molar-refractivity contribution is 7.89. The van der Waals surface area contributed by atoms with Gasteiger partial charge in [-0.2, -0.15) is 0 Å². The highest BCUT2D eigenvalue weighted by Crippen LogP contribution is 2.36. The van der Waals surface area contributed by atoms with Gasteiger partial charge in [-0.3, -0.25) is 0 Å². The first-order valence-electron chi connectivity index (χ1n) is 9.06. The van der Waals surface area contributed by atoms with Crippen molar-refractivity contribution in [2.24, 2.45) is 0 Å². The summed E-state index contributed by atoms with van der Waals surface area (Å²) in [7, 11) is -0.712. The molecule has 1 aromatic carbocycles. The molecular formula is C20H22ClFN4O3S. The van der Waals surface area contributed by atoms with Gasteiger partial charge >= 0.3 is 0 Å². The second kappa shape index (κ2) is 8.73. The lowest BCUT2D eigenvalue weighted by atomic mass is 10.1. The molecular weight excluding hydrogens is 431 g/mol. The van der Waals surface area contributed by atoms with Crippen LogP contribution in [0.15, 0.2) is 53.2 Å². The summed E-state index contributed by atoms with van der Waals surface area (Å²) in [6, 6.07) is 9.55. The quantitative estimate of drug-likeness (QED) is 0.535. The maximum absolute atomic E-state index is 14.4. The lowest BCUT2D eigenvalue weighted by Crippen LogP contribution is -2.22. The van der Waals surface area contributed by atoms with Crippen molar-refractivity contribution in [2.45, 2.75) is 18.4 Å². The van der Waals surface area contributed by atoms with Crippen molar-refractivity contribution >= 4 is 32.8 Å². The minimum Gasteiger partial charge on any atom is -0.493 e. The van der Waals surface area contributed by atoms with Gasteiger partial charge in [0.1, 0.15) is 11.3 Å². The molecule has 0 atom stereocenters. The Hall–Kier alpha value is -2.46. The van der Waals surface area contributed by atoms with E-state index in [2.05, 4.69) is 9.82 Å². The molecule has 0 aliphatic carbocycles. The minimum absolute atomic E-state index is 0.0525. The zero-order valence-electron chi connectivity index (χ0n) is 16.7. The van der Waals surface area contributed by atoms with Crippen molar-refractivity contribution in [3.63, 3.8) is 0 Å². The van der Waals surface area contributed by atoms with Crippen molar-refractivity contribution in [2.75, 3.05) is 20.6 Å². The van der Waals surface area contributed by atoms with E-state index in [1.54, 1.807) is 35.8 Å². The molecule has 10 heteroatoms. The average Bonchev–Trinajstić information content (AvgIpc) is 2.97. The van der Waals surface area contributed by atoms with Crippen molar-refractivity contribution in [3.05, 3.63) is 54.0 Å². The monoisotopic (exact) mass is 452 g/mol. The van der Waals surface area contributed by atoms with E-state index in [1.165, 1.54) is 32.3 Å². The first-order valence-corrected chi connectivity index (χ1v) is 10.9. The molecule has 2 heterocycles. The molecule has 0 unspecified atom stereocenters. The molecule has 7 nitrogen and oxygen atoms in total. The molecule has 0 saturated carbocycles. The number of hydrogen-bond donors (Lipinski definition) is 2. The van der Waals surface area contributed by atoms with Crippen molar-refractivity contribution in [3.8, 4) is 17.0 Å². The van der Waals surface area contributed by atoms with Crippen molar-refractivity contribution in [1.82, 2.24) is 18.7 Å². The molecule has 0 aliphatic heterocycles. The zero-order valence-corrected chi connectivity index (χ0v) is 18.3.